The molecule has 2 amide bonds. The molecule has 0 aromatic carbocycles. The Bertz CT molecular complexity index is 158. The van der Waals surface area contributed by atoms with Crippen LogP contribution in [0.5, 0.6) is 0 Å². The van der Waals surface area contributed by atoms with Gasteiger partial charge in [0.2, 0.25) is 0 Å². The molecule has 1 saturated heterocycles. The monoisotopic (exact) mass is 156 g/mol. The van der Waals surface area contributed by atoms with Crippen LogP contribution in [0.3, 0.4) is 0 Å². The summed E-state index contributed by atoms with van der Waals surface area (Å²) in [7, 11) is 0. The Morgan fingerprint density at radius 3 is 2.55 bits per heavy atom. The Kier molecular flexibility index (Phi) is 2.37. The van der Waals surface area contributed by atoms with E-state index in [1.807, 2.05) is 0 Å². The number of nitrogens with two attached hydrogens (primary N) is 1. The molecule has 11 heavy (non-hydrogen) atoms. The largest absolute Gasteiger partial charge is 0.351 e. The molecule has 0 spiro atoms. The van der Waals surface area contributed by atoms with Crippen molar-refractivity contribution in [1.82, 2.24) is 4.90 Å². The zero-order valence-corrected chi connectivity index (χ0v) is 7.21. The maximum absolute atomic E-state index is 10.8. The highest BCUT2D eigenvalue weighted by Gasteiger charge is 2.29. The second kappa shape index (κ2) is 3.11. The van der Waals surface area contributed by atoms with Gasteiger partial charge in [-0.05, 0) is 11.8 Å². The van der Waals surface area contributed by atoms with E-state index in [2.05, 4.69) is 13.8 Å². The molecule has 0 unspecified atom stereocenters. The maximum Gasteiger partial charge on any atom is 0.314 e. The molecule has 1 heterocycles. The highest BCUT2D eigenvalue weighted by molar-refractivity contribution is 5.72. The van der Waals surface area contributed by atoms with Crippen LogP contribution >= 0.6 is 0 Å². The zero-order chi connectivity index (χ0) is 8.43. The lowest BCUT2D eigenvalue weighted by molar-refractivity contribution is 0.216. The summed E-state index contributed by atoms with van der Waals surface area (Å²) in [6, 6.07) is -0.271. The summed E-state index contributed by atoms with van der Waals surface area (Å²) in [5.41, 5.74) is 5.16. The summed E-state index contributed by atoms with van der Waals surface area (Å²) in [5, 5.41) is 0. The summed E-state index contributed by atoms with van der Waals surface area (Å²) < 4.78 is 0. The van der Waals surface area contributed by atoms with Gasteiger partial charge in [-0.3, -0.25) is 0 Å². The third-order valence-corrected chi connectivity index (χ3v) is 2.60. The second-order valence-electron chi connectivity index (χ2n) is 3.39. The molecule has 64 valence electrons. The quantitative estimate of drug-likeness (QED) is 0.606. The van der Waals surface area contributed by atoms with E-state index < -0.39 is 0 Å². The molecule has 2 atom stereocenters. The molecule has 0 radical (unpaired) electrons. The summed E-state index contributed by atoms with van der Waals surface area (Å²) in [6.07, 6.45) is 1.14. The molecule has 0 aliphatic carbocycles. The van der Waals surface area contributed by atoms with Gasteiger partial charge in [0.05, 0.1) is 0 Å². The Hall–Kier alpha value is -0.730. The summed E-state index contributed by atoms with van der Waals surface area (Å²) in [4.78, 5) is 12.5. The van der Waals surface area contributed by atoms with Crippen molar-refractivity contribution in [3.05, 3.63) is 0 Å². The van der Waals surface area contributed by atoms with Crippen molar-refractivity contribution in [3.8, 4) is 0 Å². The van der Waals surface area contributed by atoms with Crippen LogP contribution in [0.2, 0.25) is 0 Å². The van der Waals surface area contributed by atoms with E-state index in [4.69, 9.17) is 5.73 Å². The topological polar surface area (TPSA) is 46.3 Å². The number of likely N-dealkylation sites (tertiary alicyclic amines) is 1. The van der Waals surface area contributed by atoms with Gasteiger partial charge in [0.15, 0.2) is 0 Å². The van der Waals surface area contributed by atoms with Crippen molar-refractivity contribution >= 4 is 6.03 Å². The van der Waals surface area contributed by atoms with Crippen molar-refractivity contribution < 1.29 is 4.79 Å². The molecule has 1 fully saturated rings. The van der Waals surface area contributed by atoms with E-state index in [-0.39, 0.29) is 6.03 Å². The Labute approximate surface area is 67.5 Å². The van der Waals surface area contributed by atoms with E-state index >= 15 is 0 Å². The summed E-state index contributed by atoms with van der Waals surface area (Å²) in [5.74, 6) is 1.27. The number of urea groups is 1. The minimum absolute atomic E-state index is 0.271. The first-order valence-electron chi connectivity index (χ1n) is 4.19. The van der Waals surface area contributed by atoms with Crippen LogP contribution in [0, 0.1) is 11.8 Å². The van der Waals surface area contributed by atoms with Crippen LogP contribution in [0.25, 0.3) is 0 Å². The molecule has 0 saturated carbocycles. The lowest BCUT2D eigenvalue weighted by atomic mass is 9.96. The molecular weight excluding hydrogens is 140 g/mol. The van der Waals surface area contributed by atoms with E-state index in [9.17, 15) is 4.79 Å². The van der Waals surface area contributed by atoms with Crippen molar-refractivity contribution in [2.75, 3.05) is 13.1 Å². The van der Waals surface area contributed by atoms with E-state index in [0.717, 1.165) is 19.5 Å². The first kappa shape index (κ1) is 8.37. The third-order valence-electron chi connectivity index (χ3n) is 2.60. The van der Waals surface area contributed by atoms with Crippen molar-refractivity contribution in [2.24, 2.45) is 17.6 Å². The number of carbonyl (C=O) groups excluding carboxylic acids is 1. The van der Waals surface area contributed by atoms with Gasteiger partial charge >= 0.3 is 6.03 Å². The molecule has 2 N–H and O–H groups in total. The molecule has 0 aromatic rings. The standard InChI is InChI=1S/C8H16N2O/c1-3-7-5-10(8(9)11)4-6(7)2/h6-7H,3-5H2,1-2H3,(H2,9,11)/t6-,7-/m1/s1. The fourth-order valence-electron chi connectivity index (χ4n) is 1.75. The summed E-state index contributed by atoms with van der Waals surface area (Å²) >= 11 is 0. The zero-order valence-electron chi connectivity index (χ0n) is 7.21. The molecule has 0 bridgehead atoms. The van der Waals surface area contributed by atoms with Crippen molar-refractivity contribution in [3.63, 3.8) is 0 Å². The Morgan fingerprint density at radius 2 is 2.27 bits per heavy atom. The van der Waals surface area contributed by atoms with Gasteiger partial charge in [0, 0.05) is 13.1 Å². The van der Waals surface area contributed by atoms with Gasteiger partial charge in [-0.15, -0.1) is 0 Å². The number of nitrogens with zero attached hydrogens (tertiary/aromatic N) is 1. The first-order chi connectivity index (χ1) is 5.15. The van der Waals surface area contributed by atoms with Crippen molar-refractivity contribution in [1.29, 1.82) is 0 Å². The van der Waals surface area contributed by atoms with Crippen LogP contribution in [0.1, 0.15) is 20.3 Å². The minimum Gasteiger partial charge on any atom is -0.351 e. The third kappa shape index (κ3) is 1.64. The Morgan fingerprint density at radius 1 is 1.64 bits per heavy atom. The normalized spacial score (nSPS) is 30.9. The van der Waals surface area contributed by atoms with Gasteiger partial charge in [-0.1, -0.05) is 20.3 Å². The van der Waals surface area contributed by atoms with E-state index in [0.29, 0.717) is 11.8 Å². The highest BCUT2D eigenvalue weighted by Crippen LogP contribution is 2.24. The van der Waals surface area contributed by atoms with Crippen LogP contribution in [0.15, 0.2) is 0 Å². The SMILES string of the molecule is CC[C@@H]1CN(C(N)=O)C[C@H]1C. The maximum atomic E-state index is 10.8. The molecule has 1 aliphatic heterocycles. The van der Waals surface area contributed by atoms with Gasteiger partial charge in [-0.2, -0.15) is 0 Å². The van der Waals surface area contributed by atoms with E-state index in [1.165, 1.54) is 0 Å². The number of carbonyl (C=O) groups is 1. The smallest absolute Gasteiger partial charge is 0.314 e. The number of primary amides is 1. The number of hydrogen-bond acceptors (Lipinski definition) is 1. The average molecular weight is 156 g/mol. The lowest BCUT2D eigenvalue weighted by Crippen LogP contribution is -2.33. The number of rotatable bonds is 1. The van der Waals surface area contributed by atoms with Crippen LogP contribution < -0.4 is 5.73 Å². The first-order valence-corrected chi connectivity index (χ1v) is 4.19. The molecular formula is C8H16N2O. The lowest BCUT2D eigenvalue weighted by Gasteiger charge is -2.11. The van der Waals surface area contributed by atoms with Crippen molar-refractivity contribution in [2.45, 2.75) is 20.3 Å². The fourth-order valence-corrected chi connectivity index (χ4v) is 1.75. The van der Waals surface area contributed by atoms with Crippen LogP contribution in [0.4, 0.5) is 4.79 Å². The fraction of sp³-hybridized carbons (Fsp3) is 0.875. The molecule has 3 nitrogen and oxygen atoms in total. The van der Waals surface area contributed by atoms with Gasteiger partial charge in [0.25, 0.3) is 0 Å². The van der Waals surface area contributed by atoms with Gasteiger partial charge < -0.3 is 10.6 Å². The average Bonchev–Trinajstić information content (AvgIpc) is 2.31. The molecule has 3 heteroatoms. The van der Waals surface area contributed by atoms with E-state index in [1.54, 1.807) is 4.90 Å². The molecule has 1 aliphatic rings. The minimum atomic E-state index is -0.271. The van der Waals surface area contributed by atoms with Crippen LogP contribution in [-0.4, -0.2) is 24.0 Å². The number of amides is 2. The number of hydrogen-bond donors (Lipinski definition) is 1. The Balaban J connectivity index is 2.49. The highest BCUT2D eigenvalue weighted by atomic mass is 16.2. The van der Waals surface area contributed by atoms with Gasteiger partial charge in [0.1, 0.15) is 0 Å². The summed E-state index contributed by atoms with van der Waals surface area (Å²) in [6.45, 7) is 6.03. The molecule has 0 aromatic heterocycles. The predicted molar refractivity (Wildman–Crippen MR) is 44.1 cm³/mol. The predicted octanol–water partition coefficient (Wildman–Crippen LogP) is 1.04. The van der Waals surface area contributed by atoms with Crippen LogP contribution in [-0.2, 0) is 0 Å². The second-order valence-corrected chi connectivity index (χ2v) is 3.39. The molecule has 1 rings (SSSR count). The van der Waals surface area contributed by atoms with Gasteiger partial charge in [-0.25, -0.2) is 4.79 Å².